The van der Waals surface area contributed by atoms with Gasteiger partial charge in [-0.05, 0) is 19.9 Å². The van der Waals surface area contributed by atoms with Crippen molar-refractivity contribution < 1.29 is 9.21 Å². The number of thioether (sulfide) groups is 1. The zero-order chi connectivity index (χ0) is 13.1. The van der Waals surface area contributed by atoms with Crippen LogP contribution in [-0.4, -0.2) is 21.1 Å². The molecule has 0 unspecified atom stereocenters. The molecule has 0 aromatic carbocycles. The molecule has 0 aliphatic carbocycles. The summed E-state index contributed by atoms with van der Waals surface area (Å²) in [4.78, 5) is 15.5. The molecule has 96 valence electrons. The van der Waals surface area contributed by atoms with E-state index in [0.29, 0.717) is 16.7 Å². The number of carbonyl (C=O) groups excluding carboxylic acids is 1. The predicted molar refractivity (Wildman–Crippen MR) is 65.8 cm³/mol. The molecule has 2 heterocycles. The van der Waals surface area contributed by atoms with Crippen LogP contribution in [0.5, 0.6) is 0 Å². The number of aryl methyl sites for hydroxylation is 2. The Balaban J connectivity index is 2.04. The number of hydrogen-bond acceptors (Lipinski definition) is 6. The van der Waals surface area contributed by atoms with Crippen LogP contribution < -0.4 is 11.3 Å². The maximum atomic E-state index is 11.4. The Kier molecular flexibility index (Phi) is 3.68. The smallest absolute Gasteiger partial charge is 0.301 e. The lowest BCUT2D eigenvalue weighted by molar-refractivity contribution is 0.0923. The molecule has 2 aromatic rings. The Morgan fingerprint density at radius 2 is 2.39 bits per heavy atom. The van der Waals surface area contributed by atoms with Gasteiger partial charge in [-0.1, -0.05) is 11.8 Å². The number of aromatic amines is 1. The van der Waals surface area contributed by atoms with Crippen molar-refractivity contribution in [3.8, 4) is 0 Å². The van der Waals surface area contributed by atoms with Gasteiger partial charge in [-0.3, -0.25) is 15.3 Å². The largest absolute Gasteiger partial charge is 0.455 e. The molecule has 18 heavy (non-hydrogen) atoms. The summed E-state index contributed by atoms with van der Waals surface area (Å²) < 4.78 is 5.42. The van der Waals surface area contributed by atoms with Crippen molar-refractivity contribution in [1.82, 2.24) is 20.6 Å². The lowest BCUT2D eigenvalue weighted by Crippen LogP contribution is -2.30. The average molecular weight is 267 g/mol. The second-order valence-electron chi connectivity index (χ2n) is 3.69. The van der Waals surface area contributed by atoms with Gasteiger partial charge in [0, 0.05) is 5.56 Å². The minimum absolute atomic E-state index is 0.235. The zero-order valence-electron chi connectivity index (χ0n) is 9.98. The number of furan rings is 1. The second kappa shape index (κ2) is 5.23. The Morgan fingerprint density at radius 3 is 3.00 bits per heavy atom. The third kappa shape index (κ3) is 2.71. The summed E-state index contributed by atoms with van der Waals surface area (Å²) in [6, 6.07) is 1.80. The normalized spacial score (nSPS) is 10.6. The van der Waals surface area contributed by atoms with E-state index in [1.165, 1.54) is 11.8 Å². The lowest BCUT2D eigenvalue weighted by atomic mass is 10.2. The van der Waals surface area contributed by atoms with E-state index < -0.39 is 5.91 Å². The summed E-state index contributed by atoms with van der Waals surface area (Å²) in [7, 11) is 0. The summed E-state index contributed by atoms with van der Waals surface area (Å²) in [6.45, 7) is 3.62. The quantitative estimate of drug-likeness (QED) is 0.329. The molecular weight excluding hydrogens is 254 g/mol. The molecule has 2 rings (SSSR count). The van der Waals surface area contributed by atoms with Crippen molar-refractivity contribution in [2.45, 2.75) is 24.8 Å². The Hall–Kier alpha value is -1.80. The van der Waals surface area contributed by atoms with Crippen molar-refractivity contribution in [2.75, 3.05) is 0 Å². The van der Waals surface area contributed by atoms with E-state index in [-0.39, 0.29) is 5.76 Å². The molecule has 0 aliphatic heterocycles. The molecule has 2 aromatic heterocycles. The molecule has 0 aliphatic rings. The number of aromatic nitrogens is 3. The molecular formula is C10H13N5O2S. The highest BCUT2D eigenvalue weighted by Crippen LogP contribution is 2.22. The number of carbonyl (C=O) groups is 1. The highest BCUT2D eigenvalue weighted by atomic mass is 32.2. The van der Waals surface area contributed by atoms with Crippen molar-refractivity contribution in [1.29, 1.82) is 0 Å². The van der Waals surface area contributed by atoms with Crippen LogP contribution in [0, 0.1) is 13.8 Å². The highest BCUT2D eigenvalue weighted by Gasteiger charge is 2.15. The molecule has 8 heteroatoms. The van der Waals surface area contributed by atoms with E-state index in [1.807, 2.05) is 12.3 Å². The predicted octanol–water partition coefficient (Wildman–Crippen LogP) is 0.910. The number of nitrogens with one attached hydrogen (secondary N) is 2. The first kappa shape index (κ1) is 12.7. The summed E-state index contributed by atoms with van der Waals surface area (Å²) in [5.41, 5.74) is 2.79. The molecule has 0 saturated heterocycles. The first-order valence-corrected chi connectivity index (χ1v) is 6.20. The van der Waals surface area contributed by atoms with E-state index in [1.54, 1.807) is 13.0 Å². The Labute approximate surface area is 108 Å². The fourth-order valence-corrected chi connectivity index (χ4v) is 2.16. The number of hydrazine groups is 1. The molecule has 0 fully saturated rings. The monoisotopic (exact) mass is 267 g/mol. The van der Waals surface area contributed by atoms with Crippen LogP contribution in [0.15, 0.2) is 15.6 Å². The van der Waals surface area contributed by atoms with Gasteiger partial charge in [-0.2, -0.15) is 0 Å². The Morgan fingerprint density at radius 1 is 1.61 bits per heavy atom. The van der Waals surface area contributed by atoms with Gasteiger partial charge in [0.15, 0.2) is 5.76 Å². The summed E-state index contributed by atoms with van der Waals surface area (Å²) >= 11 is 1.43. The fraction of sp³-hybridized carbons (Fsp3) is 0.300. The van der Waals surface area contributed by atoms with Crippen molar-refractivity contribution in [3.63, 3.8) is 0 Å². The van der Waals surface area contributed by atoms with E-state index in [9.17, 15) is 4.79 Å². The van der Waals surface area contributed by atoms with E-state index in [0.717, 1.165) is 11.4 Å². The molecule has 0 saturated carbocycles. The van der Waals surface area contributed by atoms with Gasteiger partial charge >= 0.3 is 5.91 Å². The maximum Gasteiger partial charge on any atom is 0.301 e. The number of rotatable bonds is 4. The first-order chi connectivity index (χ1) is 8.60. The van der Waals surface area contributed by atoms with Crippen LogP contribution in [-0.2, 0) is 5.75 Å². The Bertz CT molecular complexity index is 562. The van der Waals surface area contributed by atoms with Crippen LogP contribution in [0.3, 0.4) is 0 Å². The molecule has 7 nitrogen and oxygen atoms in total. The number of hydrogen-bond donors (Lipinski definition) is 3. The van der Waals surface area contributed by atoms with Gasteiger partial charge in [0.1, 0.15) is 11.6 Å². The standard InChI is InChI=1S/C10H13N5O2S/c1-5-3-7(17-8(5)9(16)13-11)4-18-10-12-6(2)14-15-10/h3H,4,11H2,1-2H3,(H,13,16)(H,12,14,15). The van der Waals surface area contributed by atoms with Gasteiger partial charge in [-0.25, -0.2) is 10.8 Å². The van der Waals surface area contributed by atoms with Crippen LogP contribution in [0.4, 0.5) is 0 Å². The van der Waals surface area contributed by atoms with Crippen molar-refractivity contribution in [2.24, 2.45) is 5.84 Å². The lowest BCUT2D eigenvalue weighted by Gasteiger charge is -1.95. The van der Waals surface area contributed by atoms with Gasteiger partial charge in [0.2, 0.25) is 5.16 Å². The van der Waals surface area contributed by atoms with Crippen LogP contribution in [0.2, 0.25) is 0 Å². The van der Waals surface area contributed by atoms with Gasteiger partial charge in [0.05, 0.1) is 5.75 Å². The maximum absolute atomic E-state index is 11.4. The molecule has 0 radical (unpaired) electrons. The number of nitrogens with two attached hydrogens (primary N) is 1. The fourth-order valence-electron chi connectivity index (χ4n) is 1.43. The zero-order valence-corrected chi connectivity index (χ0v) is 10.8. The number of nitrogen functional groups attached to an aromatic ring is 1. The van der Waals surface area contributed by atoms with Crippen molar-refractivity contribution >= 4 is 17.7 Å². The first-order valence-electron chi connectivity index (χ1n) is 5.22. The SMILES string of the molecule is Cc1nc(SCc2cc(C)c(C(=O)NN)o2)n[nH]1. The summed E-state index contributed by atoms with van der Waals surface area (Å²) in [6.07, 6.45) is 0. The average Bonchev–Trinajstić information content (AvgIpc) is 2.92. The second-order valence-corrected chi connectivity index (χ2v) is 4.63. The topological polar surface area (TPSA) is 110 Å². The molecule has 0 atom stereocenters. The van der Waals surface area contributed by atoms with Crippen LogP contribution >= 0.6 is 11.8 Å². The minimum Gasteiger partial charge on any atom is -0.455 e. The van der Waals surface area contributed by atoms with E-state index in [4.69, 9.17) is 10.3 Å². The van der Waals surface area contributed by atoms with Gasteiger partial charge < -0.3 is 4.42 Å². The van der Waals surface area contributed by atoms with Crippen LogP contribution in [0.1, 0.15) is 27.7 Å². The number of amides is 1. The molecule has 0 bridgehead atoms. The number of H-pyrrole nitrogens is 1. The molecule has 1 amide bonds. The third-order valence-corrected chi connectivity index (χ3v) is 3.10. The van der Waals surface area contributed by atoms with Gasteiger partial charge in [0.25, 0.3) is 0 Å². The summed E-state index contributed by atoms with van der Waals surface area (Å²) in [5, 5.41) is 7.40. The summed E-state index contributed by atoms with van der Waals surface area (Å²) in [5.74, 6) is 6.85. The highest BCUT2D eigenvalue weighted by molar-refractivity contribution is 7.98. The minimum atomic E-state index is -0.433. The molecule has 0 spiro atoms. The van der Waals surface area contributed by atoms with Crippen LogP contribution in [0.25, 0.3) is 0 Å². The third-order valence-electron chi connectivity index (χ3n) is 2.23. The molecule has 4 N–H and O–H groups in total. The van der Waals surface area contributed by atoms with Gasteiger partial charge in [-0.15, -0.1) is 5.10 Å². The van der Waals surface area contributed by atoms with E-state index >= 15 is 0 Å². The van der Waals surface area contributed by atoms with Crippen molar-refractivity contribution in [3.05, 3.63) is 29.0 Å². The number of nitrogens with zero attached hydrogens (tertiary/aromatic N) is 2. The van der Waals surface area contributed by atoms with E-state index in [2.05, 4.69) is 15.2 Å².